The lowest BCUT2D eigenvalue weighted by Gasteiger charge is -2.17. The third kappa shape index (κ3) is 246. The van der Waals surface area contributed by atoms with Crippen LogP contribution in [0.25, 0.3) is 0 Å². The summed E-state index contributed by atoms with van der Waals surface area (Å²) < 4.78 is 50.6. The number of carbonyl (C=O) groups excluding carboxylic acids is 18. The first-order valence-electron chi connectivity index (χ1n) is 38.8. The first-order chi connectivity index (χ1) is 52.7. The number of hydrogen-bond acceptors (Lipinski definition) is 29. The van der Waals surface area contributed by atoms with E-state index in [1.54, 1.807) is 60.6 Å². The van der Waals surface area contributed by atoms with Crippen LogP contribution in [0.15, 0.2) is 30.3 Å². The molecule has 0 amide bonds. The molecule has 1 aromatic rings. The van der Waals surface area contributed by atoms with Gasteiger partial charge in [-0.15, -0.1) is 0 Å². The smallest absolute Gasteiger partial charge is 0.308 e. The number of benzene rings is 1. The highest BCUT2D eigenvalue weighted by molar-refractivity contribution is 5.81. The van der Waals surface area contributed by atoms with Gasteiger partial charge in [-0.1, -0.05) is 128 Å². The molecule has 0 aliphatic rings. The summed E-state index contributed by atoms with van der Waals surface area (Å²) in [5.41, 5.74) is -0.466. The van der Waals surface area contributed by atoms with Crippen LogP contribution in [0.5, 0.6) is 5.75 Å². The first-order valence-corrected chi connectivity index (χ1v) is 38.8. The van der Waals surface area contributed by atoms with Crippen LogP contribution in [0.4, 0.5) is 0 Å². The quantitative estimate of drug-likeness (QED) is 0.0401. The second kappa shape index (κ2) is 102. The maximum atomic E-state index is 10.6. The zero-order valence-corrected chi connectivity index (χ0v) is 79.4. The van der Waals surface area contributed by atoms with Crippen LogP contribution in [0.3, 0.4) is 0 Å². The summed E-state index contributed by atoms with van der Waals surface area (Å²) in [5.74, 6) is 0.322. The van der Waals surface area contributed by atoms with Gasteiger partial charge in [0.1, 0.15) is 65.0 Å². The molecular formula is C87H162O29. The number of hydrogen-bond donors (Lipinski definition) is 0. The van der Waals surface area contributed by atoms with Crippen LogP contribution >= 0.6 is 0 Å². The van der Waals surface area contributed by atoms with Crippen molar-refractivity contribution < 1.29 is 138 Å². The summed E-state index contributed by atoms with van der Waals surface area (Å²) in [4.78, 5) is 182. The van der Waals surface area contributed by atoms with E-state index < -0.39 is 24.0 Å². The van der Waals surface area contributed by atoms with Crippen LogP contribution in [-0.4, -0.2) is 171 Å². The molecule has 0 saturated carbocycles. The van der Waals surface area contributed by atoms with Crippen molar-refractivity contribution in [2.45, 2.75) is 352 Å². The van der Waals surface area contributed by atoms with Crippen LogP contribution in [-0.2, 0) is 134 Å². The maximum Gasteiger partial charge on any atom is 0.308 e. The Labute approximate surface area is 699 Å². The number of methoxy groups -OCH3 is 1. The van der Waals surface area contributed by atoms with Gasteiger partial charge in [0.05, 0.1) is 39.6 Å². The predicted octanol–water partition coefficient (Wildman–Crippen LogP) is 17.4. The van der Waals surface area contributed by atoms with Gasteiger partial charge >= 0.3 is 65.7 Å². The number of ether oxygens (including phenoxy) is 11. The highest BCUT2D eigenvalue weighted by atomic mass is 16.6. The monoisotopic (exact) mass is 1670 g/mol. The fraction of sp³-hybridized carbons (Fsp3) is 0.724. The Morgan fingerprint density at radius 3 is 0.828 bits per heavy atom. The Kier molecular flexibility index (Phi) is 125. The molecule has 0 spiro atoms. The minimum atomic E-state index is -0.754. The minimum Gasteiger partial charge on any atom is -0.469 e. The molecule has 0 aromatic heterocycles. The molecule has 0 atom stereocenters. The molecule has 0 aliphatic carbocycles. The fourth-order valence-electron chi connectivity index (χ4n) is 4.64. The average molecular weight is 1670 g/mol. The van der Waals surface area contributed by atoms with Gasteiger partial charge in [0.15, 0.2) is 6.10 Å². The van der Waals surface area contributed by atoms with Gasteiger partial charge < -0.3 is 76.1 Å². The van der Waals surface area contributed by atoms with Gasteiger partial charge in [-0.3, -0.25) is 62.3 Å². The molecule has 116 heavy (non-hydrogen) atoms. The zero-order chi connectivity index (χ0) is 95.5. The van der Waals surface area contributed by atoms with E-state index in [2.05, 4.69) is 51.7 Å². The Balaban J connectivity index is -0.0000000729. The maximum absolute atomic E-state index is 10.6. The number of carbonyl (C=O) groups is 18. The number of esters is 11. The third-order valence-corrected chi connectivity index (χ3v) is 10.2. The molecule has 0 N–H and O–H groups in total. The normalized spacial score (nSPS) is 9.04. The van der Waals surface area contributed by atoms with Crippen molar-refractivity contribution in [1.29, 1.82) is 0 Å². The molecule has 0 radical (unpaired) electrons. The molecule has 29 nitrogen and oxygen atoms in total. The molecule has 29 heteroatoms. The molecule has 0 unspecified atom stereocenters. The summed E-state index contributed by atoms with van der Waals surface area (Å²) in [5, 5.41) is 0. The van der Waals surface area contributed by atoms with Crippen molar-refractivity contribution in [3.8, 4) is 5.75 Å². The summed E-state index contributed by atoms with van der Waals surface area (Å²) in [6, 6.07) is 8.98. The minimum absolute atomic E-state index is 0.0255. The van der Waals surface area contributed by atoms with Gasteiger partial charge in [-0.2, -0.15) is 0 Å². The van der Waals surface area contributed by atoms with Crippen molar-refractivity contribution in [2.24, 2.45) is 23.2 Å². The highest BCUT2D eigenvalue weighted by Crippen LogP contribution is 2.13. The average Bonchev–Trinajstić information content (AvgIpc) is 0.971. The molecule has 0 bridgehead atoms. The number of Topliss-reactive ketones (excluding diaryl/α,β-unsaturated/α-hetero) is 7. The van der Waals surface area contributed by atoms with Crippen molar-refractivity contribution in [2.75, 3.05) is 46.8 Å². The number of ketones is 7. The Morgan fingerprint density at radius 2 is 0.698 bits per heavy atom. The van der Waals surface area contributed by atoms with Crippen LogP contribution < -0.4 is 4.74 Å². The number of rotatable bonds is 24. The fourth-order valence-corrected chi connectivity index (χ4v) is 4.64. The Morgan fingerprint density at radius 1 is 0.362 bits per heavy atom. The Hall–Kier alpha value is -8.92. The van der Waals surface area contributed by atoms with E-state index in [9.17, 15) is 86.3 Å². The zero-order valence-electron chi connectivity index (χ0n) is 79.4. The second-order valence-electron chi connectivity index (χ2n) is 28.1. The van der Waals surface area contributed by atoms with E-state index in [1.807, 2.05) is 136 Å². The van der Waals surface area contributed by atoms with E-state index in [0.717, 1.165) is 57.8 Å². The lowest BCUT2D eigenvalue weighted by atomic mass is 9.92. The molecule has 1 rings (SSSR count). The van der Waals surface area contributed by atoms with E-state index in [1.165, 1.54) is 97.1 Å². The molecule has 0 saturated heterocycles. The number of unbranched alkanes of at least 4 members (excludes halogenated alkanes) is 2. The lowest BCUT2D eigenvalue weighted by molar-refractivity contribution is -0.163. The van der Waals surface area contributed by atoms with E-state index in [-0.39, 0.29) is 119 Å². The van der Waals surface area contributed by atoms with Gasteiger partial charge in [0, 0.05) is 113 Å². The third-order valence-electron chi connectivity index (χ3n) is 10.2. The lowest BCUT2D eigenvalue weighted by Crippen LogP contribution is -2.29. The van der Waals surface area contributed by atoms with Crippen LogP contribution in [0.2, 0.25) is 0 Å². The Bertz CT molecular complexity index is 2590. The number of para-hydroxylation sites is 1. The van der Waals surface area contributed by atoms with Crippen molar-refractivity contribution >= 4 is 106 Å². The van der Waals surface area contributed by atoms with Crippen LogP contribution in [0.1, 0.15) is 334 Å². The van der Waals surface area contributed by atoms with E-state index >= 15 is 0 Å². The van der Waals surface area contributed by atoms with Crippen molar-refractivity contribution in [3.05, 3.63) is 30.3 Å². The second-order valence-corrected chi connectivity index (χ2v) is 28.1. The molecule has 1 aromatic carbocycles. The largest absolute Gasteiger partial charge is 0.469 e. The summed E-state index contributed by atoms with van der Waals surface area (Å²) in [7, 11) is 1.35. The van der Waals surface area contributed by atoms with Gasteiger partial charge in [0.25, 0.3) is 0 Å². The molecule has 0 aliphatic heterocycles. The molecule has 0 fully saturated rings. The van der Waals surface area contributed by atoms with E-state index in [0.29, 0.717) is 56.2 Å². The standard InChI is InChI=1S/C9H14O6.C8H8O2.3C6H12O2.3C6H12O.2C5H10O2.2C5H10O.C4H8O2.C4H8O.C3H6O2.C3H6O/c1-6(10)13-4-9(15-8(3)12)5-14-7(2)11;1-7(9)10-8-5-3-2-4-6-8;1-5(7)8-6(2,3)4;1-5(2)4-8-6(3)7;1-3-4-5-8-6(2)7;1-5(7)6(2,3)4;1-5(2)4-6(3)7;1-3-4-5-6(2)7;1-4(2)7-5(3)6;1-3-4-7-5(2)6;1-4(2)5(3)6;1-3-4-5(2)6;1-3-6-4(2)5;1-3-4(2)5;1-3(4)5-2;1-3(2)4/h9H,4-5H2,1-3H3;2-6H,1H3;1-4H3;5H,4H2,1-3H3;3-5H2,1-2H3;1-4H3;5H,4H2,1-3H3;3-5H2,1-2H3;4H,1-3H3;3-4H2,1-2H3;4H,1-3H3;3-4H2,1-2H3;3H2,1-2H3;3H2,1-2H3;1-2H3;1-2H3. The molecule has 0 heterocycles. The topological polar surface area (TPSA) is 409 Å². The summed E-state index contributed by atoms with van der Waals surface area (Å²) in [6.07, 6.45) is 8.26. The summed E-state index contributed by atoms with van der Waals surface area (Å²) in [6.45, 7) is 68.0. The molecular weight excluding hydrogens is 1510 g/mol. The SMILES string of the molecule is CC(=O)C(C)(C)C.CC(=O)C(C)C.CC(=O)CC(C)C.CC(=O)OC(C)(C)C.CC(=O)OC(C)C.CC(=O)OCC(C)C.CC(=O)OCC(COC(C)=O)OC(C)=O.CC(=O)Oc1ccccc1.CC(C)=O.CCC(C)=O.CCCC(C)=O.CCCCC(C)=O.CCCCOC(C)=O.CCCOC(C)=O.CCOC(C)=O.COC(C)=O. The van der Waals surface area contributed by atoms with Crippen molar-refractivity contribution in [3.63, 3.8) is 0 Å². The van der Waals surface area contributed by atoms with Gasteiger partial charge in [-0.25, -0.2) is 0 Å². The van der Waals surface area contributed by atoms with Gasteiger partial charge in [0.2, 0.25) is 0 Å². The summed E-state index contributed by atoms with van der Waals surface area (Å²) >= 11 is 0. The predicted molar refractivity (Wildman–Crippen MR) is 454 cm³/mol. The van der Waals surface area contributed by atoms with E-state index in [4.69, 9.17) is 14.2 Å². The van der Waals surface area contributed by atoms with Crippen LogP contribution in [0, 0.1) is 23.2 Å². The molecule has 684 valence electrons. The van der Waals surface area contributed by atoms with Gasteiger partial charge in [-0.05, 0) is 147 Å². The first kappa shape index (κ1) is 142. The van der Waals surface area contributed by atoms with Crippen molar-refractivity contribution in [1.82, 2.24) is 0 Å². The highest BCUT2D eigenvalue weighted by Gasteiger charge is 2.16.